The van der Waals surface area contributed by atoms with Crippen molar-refractivity contribution in [1.29, 1.82) is 0 Å². The monoisotopic (exact) mass is 193 g/mol. The first-order valence-electron chi connectivity index (χ1n) is 5.10. The number of nitrogens with zero attached hydrogens (tertiary/aromatic N) is 2. The number of hydrogen-bond donors (Lipinski definition) is 1. The predicted molar refractivity (Wildman–Crippen MR) is 53.9 cm³/mol. The zero-order valence-corrected chi connectivity index (χ0v) is 8.15. The molecular weight excluding hydrogens is 178 g/mol. The maximum absolute atomic E-state index is 5.63. The molecule has 2 rings (SSSR count). The summed E-state index contributed by atoms with van der Waals surface area (Å²) >= 11 is 0. The van der Waals surface area contributed by atoms with Crippen LogP contribution in [0.15, 0.2) is 12.3 Å². The molecule has 0 spiro atoms. The van der Waals surface area contributed by atoms with Crippen molar-refractivity contribution in [2.75, 3.05) is 5.73 Å². The Morgan fingerprint density at radius 1 is 1.29 bits per heavy atom. The number of aromatic nitrogens is 2. The molecule has 1 saturated carbocycles. The Balaban J connectivity index is 1.95. The molecule has 0 aliphatic heterocycles. The van der Waals surface area contributed by atoms with Gasteiger partial charge in [-0.25, -0.2) is 4.98 Å². The van der Waals surface area contributed by atoms with Crippen LogP contribution in [-0.4, -0.2) is 16.1 Å². The number of nitrogen functional groups attached to an aromatic ring is 1. The average molecular weight is 193 g/mol. The van der Waals surface area contributed by atoms with Crippen molar-refractivity contribution >= 4 is 5.82 Å². The summed E-state index contributed by atoms with van der Waals surface area (Å²) in [5.41, 5.74) is 5.53. The van der Waals surface area contributed by atoms with Crippen LogP contribution < -0.4 is 10.5 Å². The minimum Gasteiger partial charge on any atom is -0.460 e. The van der Waals surface area contributed by atoms with E-state index < -0.39 is 0 Å². The van der Waals surface area contributed by atoms with E-state index in [9.17, 15) is 0 Å². The van der Waals surface area contributed by atoms with Gasteiger partial charge in [-0.15, -0.1) is 0 Å². The van der Waals surface area contributed by atoms with E-state index >= 15 is 0 Å². The predicted octanol–water partition coefficient (Wildman–Crippen LogP) is 1.77. The quantitative estimate of drug-likeness (QED) is 0.777. The third kappa shape index (κ3) is 2.34. The van der Waals surface area contributed by atoms with Crippen molar-refractivity contribution in [3.63, 3.8) is 0 Å². The van der Waals surface area contributed by atoms with Crippen LogP contribution >= 0.6 is 0 Å². The summed E-state index contributed by atoms with van der Waals surface area (Å²) < 4.78 is 5.63. The van der Waals surface area contributed by atoms with Gasteiger partial charge in [0.15, 0.2) is 0 Å². The van der Waals surface area contributed by atoms with Gasteiger partial charge in [-0.2, -0.15) is 4.98 Å². The van der Waals surface area contributed by atoms with Crippen molar-refractivity contribution in [2.24, 2.45) is 0 Å². The highest BCUT2D eigenvalue weighted by molar-refractivity contribution is 5.26. The lowest BCUT2D eigenvalue weighted by molar-refractivity contribution is 0.142. The first-order chi connectivity index (χ1) is 6.84. The van der Waals surface area contributed by atoms with Crippen LogP contribution in [0.3, 0.4) is 0 Å². The molecule has 0 bridgehead atoms. The van der Waals surface area contributed by atoms with Crippen LogP contribution in [0, 0.1) is 0 Å². The first kappa shape index (κ1) is 9.24. The van der Waals surface area contributed by atoms with Gasteiger partial charge in [0.05, 0.1) is 0 Å². The molecule has 1 aliphatic carbocycles. The zero-order chi connectivity index (χ0) is 9.80. The second kappa shape index (κ2) is 4.26. The van der Waals surface area contributed by atoms with Crippen molar-refractivity contribution in [3.8, 4) is 6.01 Å². The van der Waals surface area contributed by atoms with Gasteiger partial charge in [0.25, 0.3) is 0 Å². The molecule has 1 aliphatic rings. The summed E-state index contributed by atoms with van der Waals surface area (Å²) in [5.74, 6) is 0.464. The summed E-state index contributed by atoms with van der Waals surface area (Å²) in [5, 5.41) is 0. The Kier molecular flexibility index (Phi) is 2.81. The first-order valence-corrected chi connectivity index (χ1v) is 5.10. The fraction of sp³-hybridized carbons (Fsp3) is 0.600. The highest BCUT2D eigenvalue weighted by Crippen LogP contribution is 2.21. The zero-order valence-electron chi connectivity index (χ0n) is 8.15. The molecule has 0 radical (unpaired) electrons. The van der Waals surface area contributed by atoms with Gasteiger partial charge in [0.2, 0.25) is 0 Å². The van der Waals surface area contributed by atoms with E-state index in [1.807, 2.05) is 0 Å². The molecule has 0 amide bonds. The molecule has 2 N–H and O–H groups in total. The molecule has 1 heterocycles. The van der Waals surface area contributed by atoms with Crippen molar-refractivity contribution < 1.29 is 4.74 Å². The van der Waals surface area contributed by atoms with Gasteiger partial charge < -0.3 is 10.5 Å². The van der Waals surface area contributed by atoms with Crippen LogP contribution in [0.2, 0.25) is 0 Å². The van der Waals surface area contributed by atoms with Crippen LogP contribution in [0.1, 0.15) is 32.1 Å². The Labute approximate surface area is 83.5 Å². The summed E-state index contributed by atoms with van der Waals surface area (Å²) in [7, 11) is 0. The SMILES string of the molecule is Nc1ccnc(OC2CCCCC2)n1. The molecular formula is C10H15N3O. The highest BCUT2D eigenvalue weighted by Gasteiger charge is 2.15. The molecule has 0 saturated heterocycles. The van der Waals surface area contributed by atoms with E-state index in [4.69, 9.17) is 10.5 Å². The number of nitrogens with two attached hydrogens (primary N) is 1. The smallest absolute Gasteiger partial charge is 0.318 e. The maximum atomic E-state index is 5.63. The van der Waals surface area contributed by atoms with Gasteiger partial charge in [-0.1, -0.05) is 6.42 Å². The normalized spacial score (nSPS) is 18.0. The van der Waals surface area contributed by atoms with E-state index in [0.29, 0.717) is 11.8 Å². The van der Waals surface area contributed by atoms with Gasteiger partial charge in [0, 0.05) is 6.20 Å². The largest absolute Gasteiger partial charge is 0.460 e. The molecule has 14 heavy (non-hydrogen) atoms. The van der Waals surface area contributed by atoms with E-state index in [0.717, 1.165) is 12.8 Å². The minimum atomic E-state index is 0.283. The third-order valence-corrected chi connectivity index (χ3v) is 2.48. The molecule has 1 aromatic rings. The molecule has 76 valence electrons. The second-order valence-electron chi connectivity index (χ2n) is 3.64. The minimum absolute atomic E-state index is 0.283. The van der Waals surface area contributed by atoms with Crippen LogP contribution in [0.4, 0.5) is 5.82 Å². The van der Waals surface area contributed by atoms with E-state index in [2.05, 4.69) is 9.97 Å². The lowest BCUT2D eigenvalue weighted by atomic mass is 9.98. The Hall–Kier alpha value is -1.32. The highest BCUT2D eigenvalue weighted by atomic mass is 16.5. The Morgan fingerprint density at radius 3 is 2.79 bits per heavy atom. The Bertz CT molecular complexity index is 297. The molecule has 4 nitrogen and oxygen atoms in total. The van der Waals surface area contributed by atoms with Gasteiger partial charge >= 0.3 is 6.01 Å². The fourth-order valence-corrected chi connectivity index (χ4v) is 1.74. The average Bonchev–Trinajstić information content (AvgIpc) is 2.19. The van der Waals surface area contributed by atoms with Crippen molar-refractivity contribution in [3.05, 3.63) is 12.3 Å². The molecule has 4 heteroatoms. The van der Waals surface area contributed by atoms with Crippen molar-refractivity contribution in [2.45, 2.75) is 38.2 Å². The molecule has 0 unspecified atom stereocenters. The van der Waals surface area contributed by atoms with E-state index in [1.165, 1.54) is 19.3 Å². The summed E-state index contributed by atoms with van der Waals surface area (Å²) in [6.07, 6.45) is 7.93. The maximum Gasteiger partial charge on any atom is 0.318 e. The number of anilines is 1. The molecule has 0 aromatic carbocycles. The standard InChI is InChI=1S/C10H15N3O/c11-9-6-7-12-10(13-9)14-8-4-2-1-3-5-8/h6-8H,1-5H2,(H2,11,12,13). The fourth-order valence-electron chi connectivity index (χ4n) is 1.74. The summed E-state index contributed by atoms with van der Waals surface area (Å²) in [4.78, 5) is 8.03. The number of rotatable bonds is 2. The Morgan fingerprint density at radius 2 is 2.07 bits per heavy atom. The molecule has 0 atom stereocenters. The molecule has 1 fully saturated rings. The van der Waals surface area contributed by atoms with E-state index in [-0.39, 0.29) is 6.10 Å². The summed E-state index contributed by atoms with van der Waals surface area (Å²) in [6, 6.07) is 2.07. The topological polar surface area (TPSA) is 61.0 Å². The second-order valence-corrected chi connectivity index (χ2v) is 3.64. The number of hydrogen-bond acceptors (Lipinski definition) is 4. The van der Waals surface area contributed by atoms with Gasteiger partial charge in [-0.05, 0) is 31.7 Å². The van der Waals surface area contributed by atoms with Crippen LogP contribution in [-0.2, 0) is 0 Å². The van der Waals surface area contributed by atoms with Gasteiger partial charge in [0.1, 0.15) is 11.9 Å². The van der Waals surface area contributed by atoms with Crippen molar-refractivity contribution in [1.82, 2.24) is 9.97 Å². The summed E-state index contributed by atoms with van der Waals surface area (Å²) in [6.45, 7) is 0. The lowest BCUT2D eigenvalue weighted by Gasteiger charge is -2.21. The number of ether oxygens (including phenoxy) is 1. The lowest BCUT2D eigenvalue weighted by Crippen LogP contribution is -2.20. The van der Waals surface area contributed by atoms with Crippen LogP contribution in [0.5, 0.6) is 6.01 Å². The molecule has 1 aromatic heterocycles. The van der Waals surface area contributed by atoms with E-state index in [1.54, 1.807) is 12.3 Å². The third-order valence-electron chi connectivity index (χ3n) is 2.48. The van der Waals surface area contributed by atoms with Crippen LogP contribution in [0.25, 0.3) is 0 Å². The van der Waals surface area contributed by atoms with Gasteiger partial charge in [-0.3, -0.25) is 0 Å².